The van der Waals surface area contributed by atoms with Gasteiger partial charge in [0.25, 0.3) is 5.91 Å². The Kier molecular flexibility index (Phi) is 4.47. The molecule has 5 nitrogen and oxygen atoms in total. The monoisotopic (exact) mass is 304 g/mol. The lowest BCUT2D eigenvalue weighted by molar-refractivity contribution is 0.0302. The van der Waals surface area contributed by atoms with Gasteiger partial charge in [0.05, 0.1) is 24.4 Å². The molecular weight excluding hydrogens is 288 g/mol. The van der Waals surface area contributed by atoms with Crippen LogP contribution in [0.4, 0.5) is 0 Å². The number of carbonyl (C=O) groups excluding carboxylic acids is 1. The molecule has 2 aromatic rings. The van der Waals surface area contributed by atoms with Gasteiger partial charge in [-0.1, -0.05) is 6.07 Å². The van der Waals surface area contributed by atoms with Crippen LogP contribution in [0.2, 0.25) is 0 Å². The summed E-state index contributed by atoms with van der Waals surface area (Å²) in [6.07, 6.45) is 0. The number of benzene rings is 1. The molecule has 0 unspecified atom stereocenters. The van der Waals surface area contributed by atoms with Gasteiger partial charge in [0, 0.05) is 24.0 Å². The van der Waals surface area contributed by atoms with Gasteiger partial charge in [0.15, 0.2) is 0 Å². The third kappa shape index (κ3) is 3.59. The van der Waals surface area contributed by atoms with Crippen molar-refractivity contribution in [1.82, 2.24) is 9.88 Å². The number of aromatic nitrogens is 1. The maximum absolute atomic E-state index is 12.4. The molecule has 1 amide bonds. The van der Waals surface area contributed by atoms with Crippen molar-refractivity contribution < 1.29 is 14.3 Å². The molecule has 6 heteroatoms. The van der Waals surface area contributed by atoms with Crippen molar-refractivity contribution in [2.24, 2.45) is 0 Å². The summed E-state index contributed by atoms with van der Waals surface area (Å²) in [5.74, 6) is 0.708. The molecule has 3 rings (SSSR count). The molecule has 1 aliphatic heterocycles. The summed E-state index contributed by atoms with van der Waals surface area (Å²) in [5, 5.41) is 1.95. The van der Waals surface area contributed by atoms with E-state index in [1.807, 2.05) is 28.5 Å². The Labute approximate surface area is 127 Å². The highest BCUT2D eigenvalue weighted by Crippen LogP contribution is 2.17. The Morgan fingerprint density at radius 2 is 2.24 bits per heavy atom. The van der Waals surface area contributed by atoms with Gasteiger partial charge in [0.2, 0.25) is 0 Å². The first-order chi connectivity index (χ1) is 10.3. The minimum absolute atomic E-state index is 0.0254. The Bertz CT molecular complexity index is 595. The van der Waals surface area contributed by atoms with Crippen molar-refractivity contribution in [3.8, 4) is 5.75 Å². The summed E-state index contributed by atoms with van der Waals surface area (Å²) in [7, 11) is 0. The minimum Gasteiger partial charge on any atom is -0.487 e. The highest BCUT2D eigenvalue weighted by atomic mass is 32.1. The molecule has 0 spiro atoms. The normalized spacial score (nSPS) is 15.0. The van der Waals surface area contributed by atoms with E-state index in [0.717, 1.165) is 5.69 Å². The molecule has 1 aromatic heterocycles. The second-order valence-electron chi connectivity index (χ2n) is 4.70. The summed E-state index contributed by atoms with van der Waals surface area (Å²) in [5.41, 5.74) is 3.31. The van der Waals surface area contributed by atoms with E-state index in [-0.39, 0.29) is 5.91 Å². The SMILES string of the molecule is O=C(c1cccc(OCc2cscn2)c1)N1CCOCC1. The first-order valence-electron chi connectivity index (χ1n) is 6.80. The van der Waals surface area contributed by atoms with Crippen LogP contribution in [0.1, 0.15) is 16.1 Å². The van der Waals surface area contributed by atoms with Gasteiger partial charge in [-0.15, -0.1) is 11.3 Å². The molecule has 0 saturated carbocycles. The van der Waals surface area contributed by atoms with E-state index < -0.39 is 0 Å². The van der Waals surface area contributed by atoms with Crippen molar-refractivity contribution in [2.45, 2.75) is 6.61 Å². The van der Waals surface area contributed by atoms with Crippen LogP contribution in [0, 0.1) is 0 Å². The molecule has 0 aliphatic carbocycles. The molecular formula is C15H16N2O3S. The van der Waals surface area contributed by atoms with E-state index in [1.54, 1.807) is 11.6 Å². The zero-order valence-corrected chi connectivity index (χ0v) is 12.3. The van der Waals surface area contributed by atoms with Crippen LogP contribution in [0.3, 0.4) is 0 Å². The lowest BCUT2D eigenvalue weighted by atomic mass is 10.2. The second kappa shape index (κ2) is 6.69. The van der Waals surface area contributed by atoms with Crippen LogP contribution < -0.4 is 4.74 Å². The number of nitrogens with zero attached hydrogens (tertiary/aromatic N) is 2. The van der Waals surface area contributed by atoms with Crippen LogP contribution in [-0.2, 0) is 11.3 Å². The van der Waals surface area contributed by atoms with Crippen LogP contribution >= 0.6 is 11.3 Å². The fourth-order valence-electron chi connectivity index (χ4n) is 2.13. The van der Waals surface area contributed by atoms with E-state index in [2.05, 4.69) is 4.98 Å². The Morgan fingerprint density at radius 3 is 3.00 bits per heavy atom. The lowest BCUT2D eigenvalue weighted by Gasteiger charge is -2.26. The number of hydrogen-bond acceptors (Lipinski definition) is 5. The molecule has 1 saturated heterocycles. The van der Waals surface area contributed by atoms with Crippen LogP contribution in [-0.4, -0.2) is 42.1 Å². The number of hydrogen-bond donors (Lipinski definition) is 0. The first-order valence-corrected chi connectivity index (χ1v) is 7.74. The fourth-order valence-corrected chi connectivity index (χ4v) is 2.68. The largest absolute Gasteiger partial charge is 0.487 e. The van der Waals surface area contributed by atoms with Crippen molar-refractivity contribution >= 4 is 17.2 Å². The summed E-state index contributed by atoms with van der Waals surface area (Å²) in [6, 6.07) is 7.28. The Balaban J connectivity index is 1.66. The van der Waals surface area contributed by atoms with Gasteiger partial charge in [0.1, 0.15) is 12.4 Å². The molecule has 1 aliphatic rings. The molecule has 0 bridgehead atoms. The number of thiazole rings is 1. The molecule has 1 aromatic carbocycles. The number of carbonyl (C=O) groups is 1. The highest BCUT2D eigenvalue weighted by Gasteiger charge is 2.18. The summed E-state index contributed by atoms with van der Waals surface area (Å²) < 4.78 is 10.9. The van der Waals surface area contributed by atoms with Gasteiger partial charge in [-0.2, -0.15) is 0 Å². The minimum atomic E-state index is 0.0254. The summed E-state index contributed by atoms with van der Waals surface area (Å²) in [4.78, 5) is 18.4. The number of ether oxygens (including phenoxy) is 2. The van der Waals surface area contributed by atoms with Gasteiger partial charge < -0.3 is 14.4 Å². The zero-order valence-electron chi connectivity index (χ0n) is 11.5. The van der Waals surface area contributed by atoms with Gasteiger partial charge in [-0.3, -0.25) is 4.79 Å². The lowest BCUT2D eigenvalue weighted by Crippen LogP contribution is -2.40. The molecule has 0 radical (unpaired) electrons. The molecule has 2 heterocycles. The second-order valence-corrected chi connectivity index (χ2v) is 5.42. The maximum Gasteiger partial charge on any atom is 0.254 e. The molecule has 110 valence electrons. The first kappa shape index (κ1) is 14.0. The van der Waals surface area contributed by atoms with Crippen LogP contribution in [0.15, 0.2) is 35.2 Å². The molecule has 1 fully saturated rings. The topological polar surface area (TPSA) is 51.7 Å². The van der Waals surface area contributed by atoms with Crippen molar-refractivity contribution in [3.63, 3.8) is 0 Å². The van der Waals surface area contributed by atoms with E-state index in [9.17, 15) is 4.79 Å². The van der Waals surface area contributed by atoms with Crippen molar-refractivity contribution in [1.29, 1.82) is 0 Å². The average molecular weight is 304 g/mol. The average Bonchev–Trinajstić information content (AvgIpc) is 3.07. The van der Waals surface area contributed by atoms with Gasteiger partial charge in [-0.05, 0) is 18.2 Å². The maximum atomic E-state index is 12.4. The quantitative estimate of drug-likeness (QED) is 0.869. The molecule has 0 N–H and O–H groups in total. The van der Waals surface area contributed by atoms with E-state index in [4.69, 9.17) is 9.47 Å². The van der Waals surface area contributed by atoms with Gasteiger partial charge >= 0.3 is 0 Å². The summed E-state index contributed by atoms with van der Waals surface area (Å²) in [6.45, 7) is 2.90. The number of amides is 1. The fraction of sp³-hybridized carbons (Fsp3) is 0.333. The number of morpholine rings is 1. The standard InChI is InChI=1S/C15H16N2O3S/c18-15(17-4-6-19-7-5-17)12-2-1-3-14(8-12)20-9-13-10-21-11-16-13/h1-3,8,10-11H,4-7,9H2. The van der Waals surface area contributed by atoms with E-state index >= 15 is 0 Å². The molecule has 21 heavy (non-hydrogen) atoms. The van der Waals surface area contributed by atoms with E-state index in [1.165, 1.54) is 11.3 Å². The van der Waals surface area contributed by atoms with Crippen molar-refractivity contribution in [2.75, 3.05) is 26.3 Å². The number of rotatable bonds is 4. The third-order valence-corrected chi connectivity index (χ3v) is 3.88. The smallest absolute Gasteiger partial charge is 0.254 e. The van der Waals surface area contributed by atoms with E-state index in [0.29, 0.717) is 44.2 Å². The third-order valence-electron chi connectivity index (χ3n) is 3.25. The van der Waals surface area contributed by atoms with Gasteiger partial charge in [-0.25, -0.2) is 4.98 Å². The Morgan fingerprint density at radius 1 is 1.38 bits per heavy atom. The summed E-state index contributed by atoms with van der Waals surface area (Å²) >= 11 is 1.54. The highest BCUT2D eigenvalue weighted by molar-refractivity contribution is 7.07. The predicted octanol–water partition coefficient (Wildman–Crippen LogP) is 2.19. The Hall–Kier alpha value is -1.92. The van der Waals surface area contributed by atoms with Crippen molar-refractivity contribution in [3.05, 3.63) is 46.4 Å². The zero-order chi connectivity index (χ0) is 14.5. The van der Waals surface area contributed by atoms with Crippen LogP contribution in [0.25, 0.3) is 0 Å². The molecule has 0 atom stereocenters. The van der Waals surface area contributed by atoms with Crippen LogP contribution in [0.5, 0.6) is 5.75 Å². The predicted molar refractivity (Wildman–Crippen MR) is 79.6 cm³/mol.